The molecule has 1 heterocycles. The molecule has 0 spiro atoms. The van der Waals surface area contributed by atoms with E-state index in [1.54, 1.807) is 11.3 Å². The zero-order valence-electron chi connectivity index (χ0n) is 9.30. The minimum atomic E-state index is 0.0289. The second-order valence-electron chi connectivity index (χ2n) is 3.65. The molecular weight excluding hydrogens is 254 g/mol. The number of benzene rings is 1. The molecule has 2 rings (SSSR count). The molecule has 2 N–H and O–H groups in total. The smallest absolute Gasteiger partial charge is 0.134 e. The van der Waals surface area contributed by atoms with Crippen LogP contribution in [0, 0.1) is 0 Å². The van der Waals surface area contributed by atoms with Gasteiger partial charge in [-0.2, -0.15) is 0 Å². The van der Waals surface area contributed by atoms with Gasteiger partial charge in [0.05, 0.1) is 0 Å². The fraction of sp³-hybridized carbons (Fsp3) is 0.231. The predicted octanol–water partition coefficient (Wildman–Crippen LogP) is 3.87. The van der Waals surface area contributed by atoms with Crippen LogP contribution in [-0.2, 0) is 0 Å². The number of thiophene rings is 1. The number of hydrogen-bond acceptors (Lipinski definition) is 3. The van der Waals surface area contributed by atoms with Gasteiger partial charge in [0.2, 0.25) is 0 Å². The monoisotopic (exact) mass is 267 g/mol. The number of ether oxygens (including phenoxy) is 1. The van der Waals surface area contributed by atoms with Gasteiger partial charge in [-0.1, -0.05) is 17.7 Å². The Morgan fingerprint density at radius 2 is 2.00 bits per heavy atom. The average molecular weight is 268 g/mol. The summed E-state index contributed by atoms with van der Waals surface area (Å²) in [6.45, 7) is 0.607. The van der Waals surface area contributed by atoms with Crippen LogP contribution in [-0.4, -0.2) is 6.54 Å². The number of hydrogen-bond donors (Lipinski definition) is 1. The first-order valence-corrected chi connectivity index (χ1v) is 6.71. The lowest BCUT2D eigenvalue weighted by molar-refractivity contribution is 0.201. The summed E-state index contributed by atoms with van der Waals surface area (Å²) >= 11 is 7.52. The summed E-state index contributed by atoms with van der Waals surface area (Å²) in [6.07, 6.45) is 0.838. The van der Waals surface area contributed by atoms with E-state index in [4.69, 9.17) is 22.1 Å². The summed E-state index contributed by atoms with van der Waals surface area (Å²) in [5.74, 6) is 0.821. The van der Waals surface area contributed by atoms with E-state index >= 15 is 0 Å². The predicted molar refractivity (Wildman–Crippen MR) is 72.8 cm³/mol. The van der Waals surface area contributed by atoms with E-state index in [9.17, 15) is 0 Å². The van der Waals surface area contributed by atoms with Gasteiger partial charge in [0.1, 0.15) is 11.9 Å². The van der Waals surface area contributed by atoms with Crippen LogP contribution in [0.2, 0.25) is 5.02 Å². The van der Waals surface area contributed by atoms with Crippen molar-refractivity contribution in [3.63, 3.8) is 0 Å². The Labute approximate surface area is 110 Å². The standard InChI is InChI=1S/C13H14ClNOS/c14-10-3-5-11(6-4-10)16-12(7-8-15)13-2-1-9-17-13/h1-6,9,12H,7-8,15H2. The fourth-order valence-electron chi connectivity index (χ4n) is 1.56. The van der Waals surface area contributed by atoms with E-state index < -0.39 is 0 Å². The Bertz CT molecular complexity index is 441. The molecule has 90 valence electrons. The van der Waals surface area contributed by atoms with Crippen LogP contribution >= 0.6 is 22.9 Å². The maximum atomic E-state index is 5.93. The lowest BCUT2D eigenvalue weighted by Gasteiger charge is -2.17. The van der Waals surface area contributed by atoms with Gasteiger partial charge in [-0.15, -0.1) is 11.3 Å². The van der Waals surface area contributed by atoms with Crippen molar-refractivity contribution in [3.8, 4) is 5.75 Å². The highest BCUT2D eigenvalue weighted by molar-refractivity contribution is 7.10. The summed E-state index contributed by atoms with van der Waals surface area (Å²) in [7, 11) is 0. The van der Waals surface area contributed by atoms with E-state index in [1.807, 2.05) is 35.7 Å². The van der Waals surface area contributed by atoms with E-state index in [0.29, 0.717) is 11.6 Å². The normalized spacial score (nSPS) is 12.4. The third-order valence-corrected chi connectivity index (χ3v) is 3.60. The van der Waals surface area contributed by atoms with Crippen molar-refractivity contribution in [2.24, 2.45) is 5.73 Å². The molecule has 0 aliphatic rings. The van der Waals surface area contributed by atoms with Crippen LogP contribution in [0.15, 0.2) is 41.8 Å². The molecule has 1 aromatic carbocycles. The Morgan fingerprint density at radius 1 is 1.24 bits per heavy atom. The first-order chi connectivity index (χ1) is 8.29. The second kappa shape index (κ2) is 6.05. The van der Waals surface area contributed by atoms with Gasteiger partial charge in [0.25, 0.3) is 0 Å². The molecule has 0 saturated carbocycles. The second-order valence-corrected chi connectivity index (χ2v) is 5.07. The van der Waals surface area contributed by atoms with E-state index in [2.05, 4.69) is 6.07 Å². The van der Waals surface area contributed by atoms with Crippen molar-refractivity contribution in [2.45, 2.75) is 12.5 Å². The van der Waals surface area contributed by atoms with E-state index in [1.165, 1.54) is 4.88 Å². The minimum Gasteiger partial charge on any atom is -0.485 e. The average Bonchev–Trinajstić information content (AvgIpc) is 2.85. The van der Waals surface area contributed by atoms with Gasteiger partial charge in [-0.05, 0) is 42.3 Å². The molecule has 2 nitrogen and oxygen atoms in total. The maximum Gasteiger partial charge on any atom is 0.134 e. The fourth-order valence-corrected chi connectivity index (χ4v) is 2.48. The third-order valence-electron chi connectivity index (χ3n) is 2.38. The lowest BCUT2D eigenvalue weighted by atomic mass is 10.2. The largest absolute Gasteiger partial charge is 0.485 e. The molecule has 2 aromatic rings. The molecule has 0 aliphatic carbocycles. The molecule has 1 unspecified atom stereocenters. The zero-order valence-corrected chi connectivity index (χ0v) is 10.9. The van der Waals surface area contributed by atoms with E-state index in [-0.39, 0.29) is 6.10 Å². The van der Waals surface area contributed by atoms with Crippen molar-refractivity contribution in [1.82, 2.24) is 0 Å². The topological polar surface area (TPSA) is 35.2 Å². The van der Waals surface area contributed by atoms with Crippen LogP contribution in [0.1, 0.15) is 17.4 Å². The highest BCUT2D eigenvalue weighted by Crippen LogP contribution is 2.28. The molecule has 0 saturated heterocycles. The quantitative estimate of drug-likeness (QED) is 0.893. The molecule has 4 heteroatoms. The Kier molecular flexibility index (Phi) is 4.42. The highest BCUT2D eigenvalue weighted by atomic mass is 35.5. The number of halogens is 1. The SMILES string of the molecule is NCCC(Oc1ccc(Cl)cc1)c1cccs1. The van der Waals surface area contributed by atoms with Crippen molar-refractivity contribution in [1.29, 1.82) is 0 Å². The lowest BCUT2D eigenvalue weighted by Crippen LogP contribution is -2.12. The van der Waals surface area contributed by atoms with E-state index in [0.717, 1.165) is 12.2 Å². The van der Waals surface area contributed by atoms with Crippen LogP contribution in [0.25, 0.3) is 0 Å². The van der Waals surface area contributed by atoms with Crippen molar-refractivity contribution < 1.29 is 4.74 Å². The Morgan fingerprint density at radius 3 is 2.59 bits per heavy atom. The van der Waals surface area contributed by atoms with Gasteiger partial charge >= 0.3 is 0 Å². The van der Waals surface area contributed by atoms with Crippen LogP contribution in [0.3, 0.4) is 0 Å². The first-order valence-electron chi connectivity index (χ1n) is 5.45. The molecule has 17 heavy (non-hydrogen) atoms. The summed E-state index contributed by atoms with van der Waals surface area (Å²) < 4.78 is 5.93. The molecule has 0 bridgehead atoms. The van der Waals surface area contributed by atoms with Gasteiger partial charge in [0, 0.05) is 16.3 Å². The van der Waals surface area contributed by atoms with Crippen molar-refractivity contribution in [2.75, 3.05) is 6.54 Å². The van der Waals surface area contributed by atoms with Gasteiger partial charge in [-0.3, -0.25) is 0 Å². The van der Waals surface area contributed by atoms with Crippen LogP contribution in [0.5, 0.6) is 5.75 Å². The minimum absolute atomic E-state index is 0.0289. The molecule has 0 aliphatic heterocycles. The third kappa shape index (κ3) is 3.46. The van der Waals surface area contributed by atoms with Crippen molar-refractivity contribution in [3.05, 3.63) is 51.7 Å². The molecule has 1 aromatic heterocycles. The van der Waals surface area contributed by atoms with Crippen molar-refractivity contribution >= 4 is 22.9 Å². The molecule has 0 radical (unpaired) electrons. The maximum absolute atomic E-state index is 5.93. The first kappa shape index (κ1) is 12.4. The highest BCUT2D eigenvalue weighted by Gasteiger charge is 2.13. The number of nitrogens with two attached hydrogens (primary N) is 1. The molecule has 0 fully saturated rings. The summed E-state index contributed by atoms with van der Waals surface area (Å²) in [6, 6.07) is 11.5. The Hall–Kier alpha value is -1.03. The molecule has 0 amide bonds. The zero-order chi connectivity index (χ0) is 12.1. The van der Waals surface area contributed by atoms with Gasteiger partial charge < -0.3 is 10.5 Å². The summed E-state index contributed by atoms with van der Waals surface area (Å²) in [5.41, 5.74) is 5.62. The van der Waals surface area contributed by atoms with Crippen LogP contribution in [0.4, 0.5) is 0 Å². The summed E-state index contributed by atoms with van der Waals surface area (Å²) in [4.78, 5) is 1.20. The van der Waals surface area contributed by atoms with Crippen LogP contribution < -0.4 is 10.5 Å². The van der Waals surface area contributed by atoms with Gasteiger partial charge in [-0.25, -0.2) is 0 Å². The molecular formula is C13H14ClNOS. The molecule has 1 atom stereocenters. The Balaban J connectivity index is 2.10. The number of rotatable bonds is 5. The van der Waals surface area contributed by atoms with Gasteiger partial charge in [0.15, 0.2) is 0 Å². The summed E-state index contributed by atoms with van der Waals surface area (Å²) in [5, 5.41) is 2.76.